The number of hydrogen-bond acceptors (Lipinski definition) is 7. The summed E-state index contributed by atoms with van der Waals surface area (Å²) in [6.45, 7) is 2.18. The van der Waals surface area contributed by atoms with Gasteiger partial charge < -0.3 is 19.7 Å². The maximum absolute atomic E-state index is 13.6. The van der Waals surface area contributed by atoms with Gasteiger partial charge in [0.1, 0.15) is 18.2 Å². The van der Waals surface area contributed by atoms with Gasteiger partial charge in [-0.05, 0) is 41.7 Å². The minimum absolute atomic E-state index is 0.0598. The van der Waals surface area contributed by atoms with Crippen LogP contribution in [0.5, 0.6) is 5.75 Å². The molecule has 3 aromatic rings. The minimum atomic E-state index is -0.613. The molecule has 0 aliphatic carbocycles. The normalized spacial score (nSPS) is 16.2. The van der Waals surface area contributed by atoms with Crippen LogP contribution in [0.4, 0.5) is 4.39 Å². The van der Waals surface area contributed by atoms with Gasteiger partial charge in [-0.3, -0.25) is 4.79 Å². The first-order chi connectivity index (χ1) is 19.4. The Morgan fingerprint density at radius 2 is 1.73 bits per heavy atom. The molecule has 0 saturated heterocycles. The summed E-state index contributed by atoms with van der Waals surface area (Å²) < 4.78 is 24.7. The highest BCUT2D eigenvalue weighted by atomic mass is 32.2. The van der Waals surface area contributed by atoms with Crippen LogP contribution in [-0.4, -0.2) is 29.1 Å². The van der Waals surface area contributed by atoms with Gasteiger partial charge in [-0.2, -0.15) is 0 Å². The zero-order valence-electron chi connectivity index (χ0n) is 22.1. The monoisotopic (exact) mass is 557 g/mol. The molecule has 40 heavy (non-hydrogen) atoms. The Bertz CT molecular complexity index is 1500. The van der Waals surface area contributed by atoms with E-state index in [-0.39, 0.29) is 31.3 Å². The average Bonchev–Trinajstić information content (AvgIpc) is 3.37. The van der Waals surface area contributed by atoms with Crippen molar-refractivity contribution in [3.63, 3.8) is 0 Å². The zero-order valence-corrected chi connectivity index (χ0v) is 22.9. The number of rotatable bonds is 9. The number of amidine groups is 1. The quantitative estimate of drug-likeness (QED) is 0.332. The van der Waals surface area contributed by atoms with Gasteiger partial charge in [-0.25, -0.2) is 14.2 Å². The predicted molar refractivity (Wildman–Crippen MR) is 152 cm³/mol. The number of ether oxygens (including phenoxy) is 2. The second-order valence-electron chi connectivity index (χ2n) is 9.28. The number of halogens is 1. The topological polar surface area (TPSA) is 80.2 Å². The van der Waals surface area contributed by atoms with Crippen LogP contribution >= 0.6 is 11.8 Å². The van der Waals surface area contributed by atoms with Crippen LogP contribution in [0.1, 0.15) is 36.1 Å². The standard InChI is InChI=1S/C31H28FN3O4S/c1-20-28(30(37)39-18-22-8-4-3-5-9-22)29(25-10-6-7-11-26(25)38-2)35-24(19-40-31(35)34-20)16-27(36)33-17-21-12-14-23(32)15-13-21/h3-15,19,29H,16-18H2,1-2H3,(H,33,36). The zero-order chi connectivity index (χ0) is 28.1. The number of benzene rings is 3. The number of esters is 1. The van der Waals surface area contributed by atoms with E-state index >= 15 is 0 Å². The third-order valence-electron chi connectivity index (χ3n) is 6.61. The molecular formula is C31H28FN3O4S. The second kappa shape index (κ2) is 12.2. The number of carbonyl (C=O) groups is 2. The SMILES string of the molecule is COc1ccccc1C1C(C(=O)OCc2ccccc2)=C(C)N=C2SC=C(CC(=O)NCc3ccc(F)cc3)N21. The van der Waals surface area contributed by atoms with Crippen LogP contribution in [0.15, 0.2) is 106 Å². The van der Waals surface area contributed by atoms with Gasteiger partial charge in [0.2, 0.25) is 5.91 Å². The number of aliphatic imine (C=N–C) groups is 1. The summed E-state index contributed by atoms with van der Waals surface area (Å²) in [5, 5.41) is 5.43. The number of hydrogen-bond donors (Lipinski definition) is 1. The van der Waals surface area contributed by atoms with Gasteiger partial charge in [0.05, 0.1) is 30.8 Å². The molecule has 0 fully saturated rings. The number of thioether (sulfide) groups is 1. The van der Waals surface area contributed by atoms with E-state index in [1.165, 1.54) is 23.9 Å². The number of amides is 1. The lowest BCUT2D eigenvalue weighted by Crippen LogP contribution is -2.38. The van der Waals surface area contributed by atoms with Gasteiger partial charge in [0, 0.05) is 17.8 Å². The Kier molecular flexibility index (Phi) is 8.31. The molecule has 204 valence electrons. The molecule has 2 heterocycles. The highest BCUT2D eigenvalue weighted by Gasteiger charge is 2.42. The molecule has 1 atom stereocenters. The number of methoxy groups -OCH3 is 1. The van der Waals surface area contributed by atoms with E-state index in [4.69, 9.17) is 14.5 Å². The summed E-state index contributed by atoms with van der Waals surface area (Å²) in [5.74, 6) is -0.427. The Morgan fingerprint density at radius 3 is 2.48 bits per heavy atom. The number of nitrogens with one attached hydrogen (secondary N) is 1. The molecule has 0 bridgehead atoms. The lowest BCUT2D eigenvalue weighted by Gasteiger charge is -2.36. The summed E-state index contributed by atoms with van der Waals surface area (Å²) in [7, 11) is 1.58. The number of allylic oxidation sites excluding steroid dienone is 1. The summed E-state index contributed by atoms with van der Waals surface area (Å²) in [6, 6.07) is 22.3. The molecule has 2 aliphatic heterocycles. The van der Waals surface area contributed by atoms with Crippen molar-refractivity contribution in [2.75, 3.05) is 7.11 Å². The van der Waals surface area contributed by atoms with Crippen LogP contribution in [0.2, 0.25) is 0 Å². The van der Waals surface area contributed by atoms with Crippen LogP contribution in [0, 0.1) is 5.82 Å². The Labute approximate surface area is 236 Å². The van der Waals surface area contributed by atoms with E-state index in [2.05, 4.69) is 5.32 Å². The summed E-state index contributed by atoms with van der Waals surface area (Å²) in [5.41, 5.74) is 4.03. The molecule has 1 amide bonds. The van der Waals surface area contributed by atoms with Crippen LogP contribution in [-0.2, 0) is 27.5 Å². The fourth-order valence-electron chi connectivity index (χ4n) is 4.65. The van der Waals surface area contributed by atoms with Crippen LogP contribution < -0.4 is 10.1 Å². The maximum atomic E-state index is 13.6. The number of nitrogens with zero attached hydrogens (tertiary/aromatic N) is 2. The molecule has 5 rings (SSSR count). The summed E-state index contributed by atoms with van der Waals surface area (Å²) in [6.07, 6.45) is 0.0598. The Balaban J connectivity index is 1.41. The predicted octanol–water partition coefficient (Wildman–Crippen LogP) is 5.86. The minimum Gasteiger partial charge on any atom is -0.496 e. The van der Waals surface area contributed by atoms with Crippen molar-refractivity contribution in [2.45, 2.75) is 32.5 Å². The number of carbonyl (C=O) groups excluding carboxylic acids is 2. The first kappa shape index (κ1) is 27.2. The average molecular weight is 558 g/mol. The fourth-order valence-corrected chi connectivity index (χ4v) is 5.61. The molecule has 1 unspecified atom stereocenters. The molecule has 9 heteroatoms. The van der Waals surface area contributed by atoms with E-state index in [1.54, 1.807) is 26.2 Å². The van der Waals surface area contributed by atoms with Crippen molar-refractivity contribution in [1.29, 1.82) is 0 Å². The van der Waals surface area contributed by atoms with Crippen molar-refractivity contribution in [1.82, 2.24) is 10.2 Å². The first-order valence-electron chi connectivity index (χ1n) is 12.7. The number of fused-ring (bicyclic) bond motifs is 1. The van der Waals surface area contributed by atoms with Crippen LogP contribution in [0.3, 0.4) is 0 Å². The molecular weight excluding hydrogens is 529 g/mol. The van der Waals surface area contributed by atoms with E-state index in [0.29, 0.717) is 27.9 Å². The van der Waals surface area contributed by atoms with Crippen LogP contribution in [0.25, 0.3) is 0 Å². The van der Waals surface area contributed by atoms with Gasteiger partial charge in [-0.1, -0.05) is 72.4 Å². The molecule has 0 radical (unpaired) electrons. The highest BCUT2D eigenvalue weighted by molar-refractivity contribution is 8.16. The lowest BCUT2D eigenvalue weighted by atomic mass is 9.93. The Morgan fingerprint density at radius 1 is 1.00 bits per heavy atom. The molecule has 2 aliphatic rings. The highest BCUT2D eigenvalue weighted by Crippen LogP contribution is 2.46. The van der Waals surface area contributed by atoms with E-state index in [9.17, 15) is 14.0 Å². The fraction of sp³-hybridized carbons (Fsp3) is 0.194. The molecule has 3 aromatic carbocycles. The van der Waals surface area contributed by atoms with Crippen molar-refractivity contribution in [3.8, 4) is 5.75 Å². The van der Waals surface area contributed by atoms with E-state index < -0.39 is 12.0 Å². The molecule has 1 N–H and O–H groups in total. The van der Waals surface area contributed by atoms with Crippen molar-refractivity contribution >= 4 is 28.8 Å². The van der Waals surface area contributed by atoms with Gasteiger partial charge >= 0.3 is 5.97 Å². The van der Waals surface area contributed by atoms with Crippen molar-refractivity contribution in [3.05, 3.63) is 124 Å². The third-order valence-corrected chi connectivity index (χ3v) is 7.50. The molecule has 7 nitrogen and oxygen atoms in total. The van der Waals surface area contributed by atoms with Gasteiger partial charge in [-0.15, -0.1) is 0 Å². The smallest absolute Gasteiger partial charge is 0.338 e. The number of para-hydroxylation sites is 1. The van der Waals surface area contributed by atoms with E-state index in [1.807, 2.05) is 64.9 Å². The van der Waals surface area contributed by atoms with E-state index in [0.717, 1.165) is 16.7 Å². The third kappa shape index (κ3) is 5.94. The second-order valence-corrected chi connectivity index (χ2v) is 10.1. The summed E-state index contributed by atoms with van der Waals surface area (Å²) >= 11 is 1.40. The lowest BCUT2D eigenvalue weighted by molar-refractivity contribution is -0.141. The molecule has 0 saturated carbocycles. The maximum Gasteiger partial charge on any atom is 0.338 e. The first-order valence-corrected chi connectivity index (χ1v) is 13.6. The van der Waals surface area contributed by atoms with Crippen molar-refractivity contribution < 1.29 is 23.5 Å². The Hall–Kier alpha value is -4.37. The van der Waals surface area contributed by atoms with Crippen molar-refractivity contribution in [2.24, 2.45) is 4.99 Å². The molecule has 0 aromatic heterocycles. The largest absolute Gasteiger partial charge is 0.496 e. The van der Waals surface area contributed by atoms with Gasteiger partial charge in [0.15, 0.2) is 5.17 Å². The van der Waals surface area contributed by atoms with Gasteiger partial charge in [0.25, 0.3) is 0 Å². The molecule has 0 spiro atoms. The summed E-state index contributed by atoms with van der Waals surface area (Å²) in [4.78, 5) is 33.2.